The Bertz CT molecular complexity index is 380. The molecule has 2 aromatic heterocycles. The van der Waals surface area contributed by atoms with Crippen molar-refractivity contribution in [2.45, 2.75) is 13.5 Å². The van der Waals surface area contributed by atoms with E-state index < -0.39 is 0 Å². The summed E-state index contributed by atoms with van der Waals surface area (Å²) in [6, 6.07) is 0.461. The van der Waals surface area contributed by atoms with Crippen LogP contribution < -0.4 is 5.32 Å². The van der Waals surface area contributed by atoms with Gasteiger partial charge in [0.1, 0.15) is 0 Å². The summed E-state index contributed by atoms with van der Waals surface area (Å²) in [5.41, 5.74) is 0. The van der Waals surface area contributed by atoms with Gasteiger partial charge in [-0.1, -0.05) is 5.16 Å². The first kappa shape index (κ1) is 8.74. The quantitative estimate of drug-likeness (QED) is 0.773. The number of hydrogen-bond donors (Lipinski definition) is 1. The normalized spacial score (nSPS) is 10.4. The summed E-state index contributed by atoms with van der Waals surface area (Å²) in [7, 11) is 0. The zero-order valence-electron chi connectivity index (χ0n) is 7.84. The summed E-state index contributed by atoms with van der Waals surface area (Å²) >= 11 is 0. The van der Waals surface area contributed by atoms with Gasteiger partial charge in [-0.2, -0.15) is 4.98 Å². The fourth-order valence-corrected chi connectivity index (χ4v) is 1.08. The molecule has 74 valence electrons. The summed E-state index contributed by atoms with van der Waals surface area (Å²) in [5, 5.41) is 6.68. The first-order valence-corrected chi connectivity index (χ1v) is 4.34. The molecule has 14 heavy (non-hydrogen) atoms. The molecule has 0 aliphatic carbocycles. The monoisotopic (exact) mass is 193 g/mol. The fraction of sp³-hybridized carbons (Fsp3) is 0.375. The van der Waals surface area contributed by atoms with Gasteiger partial charge >= 0.3 is 6.01 Å². The molecular formula is C8H11N5O. The second-order valence-corrected chi connectivity index (χ2v) is 2.87. The molecule has 0 fully saturated rings. The predicted molar refractivity (Wildman–Crippen MR) is 49.8 cm³/mol. The van der Waals surface area contributed by atoms with Crippen LogP contribution in [-0.4, -0.2) is 26.2 Å². The molecule has 1 N–H and O–H groups in total. The maximum Gasteiger partial charge on any atom is 0.321 e. The SMILES string of the molecule is Cc1noc(NCCn2ccnc2)n1. The van der Waals surface area contributed by atoms with Crippen molar-refractivity contribution in [3.05, 3.63) is 24.5 Å². The molecule has 0 atom stereocenters. The number of nitrogens with one attached hydrogen (secondary N) is 1. The van der Waals surface area contributed by atoms with Crippen LogP contribution in [0.1, 0.15) is 5.82 Å². The molecule has 0 aliphatic rings. The summed E-state index contributed by atoms with van der Waals surface area (Å²) in [4.78, 5) is 7.95. The minimum Gasteiger partial charge on any atom is -0.336 e. The molecule has 0 spiro atoms. The van der Waals surface area contributed by atoms with Crippen molar-refractivity contribution in [2.75, 3.05) is 11.9 Å². The van der Waals surface area contributed by atoms with Crippen molar-refractivity contribution in [3.63, 3.8) is 0 Å². The van der Waals surface area contributed by atoms with Crippen LogP contribution in [0.5, 0.6) is 0 Å². The highest BCUT2D eigenvalue weighted by Crippen LogP contribution is 2.01. The second kappa shape index (κ2) is 3.91. The first-order valence-electron chi connectivity index (χ1n) is 4.34. The van der Waals surface area contributed by atoms with E-state index in [9.17, 15) is 0 Å². The van der Waals surface area contributed by atoms with Gasteiger partial charge in [0, 0.05) is 25.5 Å². The molecule has 2 aromatic rings. The highest BCUT2D eigenvalue weighted by molar-refractivity contribution is 5.17. The molecule has 2 rings (SSSR count). The van der Waals surface area contributed by atoms with Gasteiger partial charge in [-0.15, -0.1) is 0 Å². The smallest absolute Gasteiger partial charge is 0.321 e. The van der Waals surface area contributed by atoms with Crippen LogP contribution in [-0.2, 0) is 6.54 Å². The molecule has 6 nitrogen and oxygen atoms in total. The Labute approximate surface area is 81.0 Å². The molecule has 0 unspecified atom stereocenters. The van der Waals surface area contributed by atoms with Crippen LogP contribution in [0.15, 0.2) is 23.2 Å². The van der Waals surface area contributed by atoms with E-state index in [0.29, 0.717) is 11.8 Å². The van der Waals surface area contributed by atoms with Crippen molar-refractivity contribution in [1.29, 1.82) is 0 Å². The van der Waals surface area contributed by atoms with Crippen LogP contribution in [0.4, 0.5) is 6.01 Å². The summed E-state index contributed by atoms with van der Waals surface area (Å²) in [5.74, 6) is 0.634. The number of hydrogen-bond acceptors (Lipinski definition) is 5. The highest BCUT2D eigenvalue weighted by atomic mass is 16.5. The minimum atomic E-state index is 0.461. The first-order chi connectivity index (χ1) is 6.84. The van der Waals surface area contributed by atoms with Gasteiger partial charge in [0.25, 0.3) is 0 Å². The lowest BCUT2D eigenvalue weighted by Gasteiger charge is -2.01. The van der Waals surface area contributed by atoms with E-state index in [1.165, 1.54) is 0 Å². The summed E-state index contributed by atoms with van der Waals surface area (Å²) in [6.45, 7) is 3.34. The van der Waals surface area contributed by atoms with Crippen LogP contribution >= 0.6 is 0 Å². The molecule has 0 saturated heterocycles. The van der Waals surface area contributed by atoms with E-state index in [4.69, 9.17) is 4.52 Å². The van der Waals surface area contributed by atoms with Crippen LogP contribution in [0, 0.1) is 6.92 Å². The van der Waals surface area contributed by atoms with E-state index in [1.807, 2.05) is 10.8 Å². The average molecular weight is 193 g/mol. The topological polar surface area (TPSA) is 68.8 Å². The fourth-order valence-electron chi connectivity index (χ4n) is 1.08. The minimum absolute atomic E-state index is 0.461. The van der Waals surface area contributed by atoms with E-state index in [1.54, 1.807) is 19.4 Å². The van der Waals surface area contributed by atoms with Crippen molar-refractivity contribution in [3.8, 4) is 0 Å². The Kier molecular flexibility index (Phi) is 2.44. The Balaban J connectivity index is 1.78. The molecule has 6 heteroatoms. The highest BCUT2D eigenvalue weighted by Gasteiger charge is 1.99. The third kappa shape index (κ3) is 2.09. The molecule has 0 bridgehead atoms. The summed E-state index contributed by atoms with van der Waals surface area (Å²) < 4.78 is 6.86. The lowest BCUT2D eigenvalue weighted by molar-refractivity contribution is 0.424. The zero-order chi connectivity index (χ0) is 9.80. The third-order valence-corrected chi connectivity index (χ3v) is 1.73. The number of anilines is 1. The lowest BCUT2D eigenvalue weighted by Crippen LogP contribution is -2.09. The zero-order valence-corrected chi connectivity index (χ0v) is 7.84. The van der Waals surface area contributed by atoms with Gasteiger partial charge in [-0.3, -0.25) is 0 Å². The molecule has 0 aromatic carbocycles. The van der Waals surface area contributed by atoms with Gasteiger partial charge in [0.2, 0.25) is 0 Å². The maximum absolute atomic E-state index is 4.89. The number of imidazole rings is 1. The molecule has 0 amide bonds. The maximum atomic E-state index is 4.89. The largest absolute Gasteiger partial charge is 0.336 e. The van der Waals surface area contributed by atoms with Crippen LogP contribution in [0.25, 0.3) is 0 Å². The molecule has 0 aliphatic heterocycles. The Hall–Kier alpha value is -1.85. The second-order valence-electron chi connectivity index (χ2n) is 2.87. The van der Waals surface area contributed by atoms with E-state index in [2.05, 4.69) is 20.4 Å². The number of aryl methyl sites for hydroxylation is 1. The van der Waals surface area contributed by atoms with E-state index >= 15 is 0 Å². The van der Waals surface area contributed by atoms with E-state index in [-0.39, 0.29) is 0 Å². The van der Waals surface area contributed by atoms with Crippen molar-refractivity contribution in [1.82, 2.24) is 19.7 Å². The predicted octanol–water partition coefficient (Wildman–Crippen LogP) is 0.687. The van der Waals surface area contributed by atoms with Crippen LogP contribution in [0.2, 0.25) is 0 Å². The van der Waals surface area contributed by atoms with Crippen molar-refractivity contribution < 1.29 is 4.52 Å². The Morgan fingerprint density at radius 1 is 1.57 bits per heavy atom. The Morgan fingerprint density at radius 3 is 3.14 bits per heavy atom. The van der Waals surface area contributed by atoms with Gasteiger partial charge < -0.3 is 14.4 Å². The number of rotatable bonds is 4. The molecule has 2 heterocycles. The van der Waals surface area contributed by atoms with Gasteiger partial charge in [-0.05, 0) is 6.92 Å². The average Bonchev–Trinajstić information content (AvgIpc) is 2.77. The van der Waals surface area contributed by atoms with Crippen LogP contribution in [0.3, 0.4) is 0 Å². The summed E-state index contributed by atoms with van der Waals surface area (Å²) in [6.07, 6.45) is 5.42. The number of aromatic nitrogens is 4. The standard InChI is InChI=1S/C8H11N5O/c1-7-11-8(14-12-7)10-3-5-13-4-2-9-6-13/h2,4,6H,3,5H2,1H3,(H,10,11,12). The third-order valence-electron chi connectivity index (χ3n) is 1.73. The molecule has 0 radical (unpaired) electrons. The number of nitrogens with zero attached hydrogens (tertiary/aromatic N) is 4. The van der Waals surface area contributed by atoms with Crippen molar-refractivity contribution in [2.24, 2.45) is 0 Å². The Morgan fingerprint density at radius 2 is 2.50 bits per heavy atom. The van der Waals surface area contributed by atoms with Gasteiger partial charge in [0.05, 0.1) is 6.33 Å². The van der Waals surface area contributed by atoms with Gasteiger partial charge in [0.15, 0.2) is 5.82 Å². The van der Waals surface area contributed by atoms with E-state index in [0.717, 1.165) is 13.1 Å². The molecule has 0 saturated carbocycles. The lowest BCUT2D eigenvalue weighted by atomic mass is 10.6. The van der Waals surface area contributed by atoms with Gasteiger partial charge in [-0.25, -0.2) is 4.98 Å². The molecular weight excluding hydrogens is 182 g/mol. The van der Waals surface area contributed by atoms with Crippen molar-refractivity contribution >= 4 is 6.01 Å².